The predicted octanol–water partition coefficient (Wildman–Crippen LogP) is 4.13. The van der Waals surface area contributed by atoms with Crippen LogP contribution < -0.4 is 20.1 Å². The van der Waals surface area contributed by atoms with Gasteiger partial charge in [0, 0.05) is 38.3 Å². The molecule has 0 spiro atoms. The highest BCUT2D eigenvalue weighted by Crippen LogP contribution is 2.34. The lowest BCUT2D eigenvalue weighted by atomic mass is 9.74. The number of aliphatic imine (C=N–C) groups is 1. The second-order valence-electron chi connectivity index (χ2n) is 7.82. The van der Waals surface area contributed by atoms with Crippen LogP contribution in [0, 0.1) is 5.82 Å². The number of methoxy groups -OCH3 is 1. The summed E-state index contributed by atoms with van der Waals surface area (Å²) in [7, 11) is 3.37. The van der Waals surface area contributed by atoms with E-state index in [9.17, 15) is 4.39 Å². The number of hydrogen-bond donors (Lipinski definition) is 2. The minimum Gasteiger partial charge on any atom is -0.497 e. The van der Waals surface area contributed by atoms with Crippen LogP contribution in [0.2, 0.25) is 0 Å². The van der Waals surface area contributed by atoms with Gasteiger partial charge in [0.25, 0.3) is 0 Å². The van der Waals surface area contributed by atoms with Crippen LogP contribution in [0.3, 0.4) is 0 Å². The van der Waals surface area contributed by atoms with E-state index in [1.54, 1.807) is 26.3 Å². The molecule has 8 heteroatoms. The number of hydrogen-bond acceptors (Lipinski definition) is 4. The number of ether oxygens (including phenoxy) is 3. The second-order valence-corrected chi connectivity index (χ2v) is 7.82. The molecule has 2 aromatic rings. The number of halogens is 2. The van der Waals surface area contributed by atoms with E-state index in [-0.39, 0.29) is 41.3 Å². The zero-order valence-electron chi connectivity index (χ0n) is 18.9. The Morgan fingerprint density at radius 3 is 2.53 bits per heavy atom. The van der Waals surface area contributed by atoms with Crippen LogP contribution >= 0.6 is 24.0 Å². The van der Waals surface area contributed by atoms with Gasteiger partial charge in [-0.15, -0.1) is 24.0 Å². The first-order valence-corrected chi connectivity index (χ1v) is 10.6. The standard InChI is InChI=1S/C24H32FN3O3.HI/c1-18(31-22-9-5-8-21(15-22)29-3)16-27-23(26-2)28-17-24(10-12-30-13-11-24)19-6-4-7-20(25)14-19;/h4-9,14-15,18H,10-13,16-17H2,1-3H3,(H2,26,27,28);1H. The van der Waals surface area contributed by atoms with E-state index < -0.39 is 0 Å². The largest absolute Gasteiger partial charge is 0.497 e. The lowest BCUT2D eigenvalue weighted by Gasteiger charge is -2.38. The zero-order chi connectivity index (χ0) is 22.1. The molecule has 2 N–H and O–H groups in total. The predicted molar refractivity (Wildman–Crippen MR) is 136 cm³/mol. The topological polar surface area (TPSA) is 64.1 Å². The van der Waals surface area contributed by atoms with E-state index in [4.69, 9.17) is 14.2 Å². The van der Waals surface area contributed by atoms with Crippen LogP contribution in [0.4, 0.5) is 4.39 Å². The average Bonchev–Trinajstić information content (AvgIpc) is 2.80. The quantitative estimate of drug-likeness (QED) is 0.291. The van der Waals surface area contributed by atoms with Crippen molar-refractivity contribution in [2.75, 3.05) is 40.5 Å². The highest BCUT2D eigenvalue weighted by Gasteiger charge is 2.35. The van der Waals surface area contributed by atoms with Crippen LogP contribution in [-0.4, -0.2) is 52.5 Å². The van der Waals surface area contributed by atoms with Gasteiger partial charge in [-0.3, -0.25) is 4.99 Å². The Balaban J connectivity index is 0.00000363. The summed E-state index contributed by atoms with van der Waals surface area (Å²) in [4.78, 5) is 4.33. The van der Waals surface area contributed by atoms with Gasteiger partial charge in [0.1, 0.15) is 23.4 Å². The van der Waals surface area contributed by atoms with Gasteiger partial charge in [0.15, 0.2) is 5.96 Å². The highest BCUT2D eigenvalue weighted by molar-refractivity contribution is 14.0. The number of rotatable bonds is 8. The fourth-order valence-corrected chi connectivity index (χ4v) is 3.81. The van der Waals surface area contributed by atoms with E-state index in [1.807, 2.05) is 37.3 Å². The molecule has 0 aromatic heterocycles. The molecule has 0 saturated carbocycles. The maximum Gasteiger partial charge on any atom is 0.191 e. The van der Waals surface area contributed by atoms with Crippen LogP contribution in [0.1, 0.15) is 25.3 Å². The van der Waals surface area contributed by atoms with Gasteiger partial charge in [-0.05, 0) is 49.6 Å². The maximum atomic E-state index is 13.9. The first-order chi connectivity index (χ1) is 15.0. The van der Waals surface area contributed by atoms with Gasteiger partial charge >= 0.3 is 0 Å². The lowest BCUT2D eigenvalue weighted by molar-refractivity contribution is 0.0512. The Morgan fingerprint density at radius 2 is 1.84 bits per heavy atom. The van der Waals surface area contributed by atoms with Gasteiger partial charge < -0.3 is 24.8 Å². The summed E-state index contributed by atoms with van der Waals surface area (Å²) in [6.07, 6.45) is 1.58. The molecule has 3 rings (SSSR count). The van der Waals surface area contributed by atoms with E-state index in [0.29, 0.717) is 32.3 Å². The van der Waals surface area contributed by atoms with Gasteiger partial charge in [0.2, 0.25) is 0 Å². The third-order valence-electron chi connectivity index (χ3n) is 5.64. The molecule has 0 aliphatic carbocycles. The van der Waals surface area contributed by atoms with Crippen LogP contribution in [0.5, 0.6) is 11.5 Å². The summed E-state index contributed by atoms with van der Waals surface area (Å²) in [5.74, 6) is 1.98. The smallest absolute Gasteiger partial charge is 0.191 e. The normalized spacial score (nSPS) is 16.4. The van der Waals surface area contributed by atoms with Crippen molar-refractivity contribution in [1.82, 2.24) is 10.6 Å². The molecule has 1 aliphatic heterocycles. The summed E-state index contributed by atoms with van der Waals surface area (Å²) in [5, 5.41) is 6.74. The number of benzene rings is 2. The fourth-order valence-electron chi connectivity index (χ4n) is 3.81. The first kappa shape index (κ1) is 26.2. The molecule has 1 heterocycles. The molecule has 176 valence electrons. The molecule has 2 aromatic carbocycles. The Bertz CT molecular complexity index is 875. The van der Waals surface area contributed by atoms with Crippen LogP contribution in [0.25, 0.3) is 0 Å². The molecule has 1 aliphatic rings. The van der Waals surface area contributed by atoms with Crippen molar-refractivity contribution in [1.29, 1.82) is 0 Å². The second kappa shape index (κ2) is 12.8. The van der Waals surface area contributed by atoms with Crippen LogP contribution in [0.15, 0.2) is 53.5 Å². The minimum atomic E-state index is -0.214. The monoisotopic (exact) mass is 557 g/mol. The molecule has 0 bridgehead atoms. The first-order valence-electron chi connectivity index (χ1n) is 10.6. The van der Waals surface area contributed by atoms with Crippen molar-refractivity contribution in [3.8, 4) is 11.5 Å². The lowest BCUT2D eigenvalue weighted by Crippen LogP contribution is -2.49. The summed E-state index contributed by atoms with van der Waals surface area (Å²) in [6, 6.07) is 14.4. The molecule has 0 amide bonds. The molecule has 32 heavy (non-hydrogen) atoms. The Morgan fingerprint density at radius 1 is 1.12 bits per heavy atom. The molecule has 6 nitrogen and oxygen atoms in total. The summed E-state index contributed by atoms with van der Waals surface area (Å²) < 4.78 is 30.7. The summed E-state index contributed by atoms with van der Waals surface area (Å²) >= 11 is 0. The Labute approximate surface area is 207 Å². The summed E-state index contributed by atoms with van der Waals surface area (Å²) in [5.41, 5.74) is 0.800. The van der Waals surface area contributed by atoms with Crippen molar-refractivity contribution in [3.05, 3.63) is 59.9 Å². The average molecular weight is 557 g/mol. The molecule has 1 fully saturated rings. The molecule has 1 unspecified atom stereocenters. The number of guanidine groups is 1. The van der Waals surface area contributed by atoms with Gasteiger partial charge in [0.05, 0.1) is 13.7 Å². The number of nitrogens with zero attached hydrogens (tertiary/aromatic N) is 1. The Hall–Kier alpha value is -2.07. The maximum absolute atomic E-state index is 13.9. The van der Waals surface area contributed by atoms with E-state index in [1.165, 1.54) is 6.07 Å². The minimum absolute atomic E-state index is 0. The SMILES string of the molecule is CN=C(NCC(C)Oc1cccc(OC)c1)NCC1(c2cccc(F)c2)CCOCC1.I. The summed E-state index contributed by atoms with van der Waals surface area (Å²) in [6.45, 7) is 4.54. The van der Waals surface area contributed by atoms with Crippen molar-refractivity contribution in [2.45, 2.75) is 31.3 Å². The molecular weight excluding hydrogens is 524 g/mol. The fraction of sp³-hybridized carbons (Fsp3) is 0.458. The highest BCUT2D eigenvalue weighted by atomic mass is 127. The van der Waals surface area contributed by atoms with Gasteiger partial charge in [-0.1, -0.05) is 18.2 Å². The Kier molecular flexibility index (Phi) is 10.5. The molecule has 1 atom stereocenters. The van der Waals surface area contributed by atoms with Crippen molar-refractivity contribution < 1.29 is 18.6 Å². The number of nitrogens with one attached hydrogen (secondary N) is 2. The van der Waals surface area contributed by atoms with Crippen molar-refractivity contribution >= 4 is 29.9 Å². The van der Waals surface area contributed by atoms with E-state index in [2.05, 4.69) is 15.6 Å². The van der Waals surface area contributed by atoms with Crippen LogP contribution in [-0.2, 0) is 10.2 Å². The van der Waals surface area contributed by atoms with Gasteiger partial charge in [-0.25, -0.2) is 4.39 Å². The van der Waals surface area contributed by atoms with Crippen molar-refractivity contribution in [3.63, 3.8) is 0 Å². The van der Waals surface area contributed by atoms with Crippen molar-refractivity contribution in [2.24, 2.45) is 4.99 Å². The molecular formula is C24H33FIN3O3. The third kappa shape index (κ3) is 7.23. The molecule has 0 radical (unpaired) electrons. The van der Waals surface area contributed by atoms with E-state index >= 15 is 0 Å². The van der Waals surface area contributed by atoms with E-state index in [0.717, 1.165) is 29.9 Å². The zero-order valence-corrected chi connectivity index (χ0v) is 21.2. The third-order valence-corrected chi connectivity index (χ3v) is 5.64. The molecule has 1 saturated heterocycles. The van der Waals surface area contributed by atoms with Gasteiger partial charge in [-0.2, -0.15) is 0 Å².